The van der Waals surface area contributed by atoms with E-state index in [9.17, 15) is 28.4 Å². The summed E-state index contributed by atoms with van der Waals surface area (Å²) in [6.45, 7) is 4.39. The van der Waals surface area contributed by atoms with E-state index in [0.29, 0.717) is 24.2 Å². The monoisotopic (exact) mass is 449 g/mol. The van der Waals surface area contributed by atoms with Gasteiger partial charge in [-0.1, -0.05) is 44.2 Å². The van der Waals surface area contributed by atoms with Crippen molar-refractivity contribution in [3.05, 3.63) is 59.2 Å². The number of piperidine rings is 1. The van der Waals surface area contributed by atoms with Gasteiger partial charge in [0.05, 0.1) is 5.69 Å². The molecule has 2 aliphatic rings. The molecule has 1 aliphatic heterocycles. The number of carbonyl (C=O) groups excluding carboxylic acids is 1. The summed E-state index contributed by atoms with van der Waals surface area (Å²) >= 11 is 0. The summed E-state index contributed by atoms with van der Waals surface area (Å²) in [5.74, 6) is -2.01. The molecule has 172 valence electrons. The van der Waals surface area contributed by atoms with Crippen LogP contribution in [0, 0.1) is 5.92 Å². The van der Waals surface area contributed by atoms with Crippen LogP contribution in [0.4, 0.5) is 24.5 Å². The lowest BCUT2D eigenvalue weighted by atomic mass is 9.59. The van der Waals surface area contributed by atoms with E-state index in [1.54, 1.807) is 6.07 Å². The highest BCUT2D eigenvalue weighted by Crippen LogP contribution is 2.51. The molecule has 0 saturated carbocycles. The number of benzene rings is 2. The van der Waals surface area contributed by atoms with E-state index in [-0.39, 0.29) is 29.8 Å². The fourth-order valence-electron chi connectivity index (χ4n) is 5.18. The molecule has 1 fully saturated rings. The summed E-state index contributed by atoms with van der Waals surface area (Å²) in [7, 11) is 0. The predicted octanol–water partition coefficient (Wildman–Crippen LogP) is 4.50. The van der Waals surface area contributed by atoms with E-state index >= 15 is 0 Å². The maximum absolute atomic E-state index is 13.2. The Hall–Kier alpha value is -2.78. The molecular formula is C23H26F3N3O3. The van der Waals surface area contributed by atoms with Gasteiger partial charge in [-0.2, -0.15) is 13.2 Å². The zero-order valence-electron chi connectivity index (χ0n) is 17.9. The summed E-state index contributed by atoms with van der Waals surface area (Å²) in [5, 5.41) is 22.9. The first-order valence-electron chi connectivity index (χ1n) is 10.5. The van der Waals surface area contributed by atoms with Gasteiger partial charge in [0.1, 0.15) is 5.69 Å². The molecule has 0 unspecified atom stereocenters. The van der Waals surface area contributed by atoms with E-state index in [4.69, 9.17) is 0 Å². The first-order chi connectivity index (χ1) is 15.0. The SMILES string of the molecule is C[C@@H]1[C@H]2Cc3cc(N(O)O)c(NCc4ccccc4)cc3[C@]1(C)CCN2C(=O)C(F)(F)F. The standard InChI is InChI=1S/C23H26F3N3O3/c1-14-19-10-16-11-20(29(31)32)18(27-13-15-6-4-3-5-7-15)12-17(16)22(14,2)8-9-28(19)21(30)23(24,25)26/h3-7,11-12,14,19,27,31-32H,8-10,13H2,1-2H3/t14-,19-,22-/m1/s1. The average molecular weight is 449 g/mol. The topological polar surface area (TPSA) is 76.0 Å². The van der Waals surface area contributed by atoms with Crippen molar-refractivity contribution >= 4 is 17.3 Å². The van der Waals surface area contributed by atoms with E-state index < -0.39 is 23.5 Å². The molecule has 1 amide bonds. The molecule has 1 aliphatic carbocycles. The third kappa shape index (κ3) is 3.80. The largest absolute Gasteiger partial charge is 0.471 e. The van der Waals surface area contributed by atoms with Gasteiger partial charge in [0, 0.05) is 19.1 Å². The third-order valence-electron chi connectivity index (χ3n) is 7.17. The van der Waals surface area contributed by atoms with Gasteiger partial charge in [-0.3, -0.25) is 15.2 Å². The molecule has 3 N–H and O–H groups in total. The molecule has 3 atom stereocenters. The zero-order valence-corrected chi connectivity index (χ0v) is 17.9. The quantitative estimate of drug-likeness (QED) is 0.600. The van der Waals surface area contributed by atoms with Crippen molar-refractivity contribution in [1.29, 1.82) is 0 Å². The Morgan fingerprint density at radius 3 is 2.56 bits per heavy atom. The molecule has 1 heterocycles. The smallest absolute Gasteiger partial charge is 0.379 e. The molecular weight excluding hydrogens is 423 g/mol. The molecule has 2 bridgehead atoms. The summed E-state index contributed by atoms with van der Waals surface area (Å²) in [6, 6.07) is 12.5. The lowest BCUT2D eigenvalue weighted by Crippen LogP contribution is -2.61. The minimum absolute atomic E-state index is 0.0163. The van der Waals surface area contributed by atoms with Crippen LogP contribution in [0.25, 0.3) is 0 Å². The van der Waals surface area contributed by atoms with Gasteiger partial charge in [0.15, 0.2) is 0 Å². The van der Waals surface area contributed by atoms with Gasteiger partial charge < -0.3 is 10.2 Å². The van der Waals surface area contributed by atoms with E-state index in [1.807, 2.05) is 50.2 Å². The average Bonchev–Trinajstić information content (AvgIpc) is 2.74. The normalized spacial score (nSPS) is 24.7. The number of amides is 1. The van der Waals surface area contributed by atoms with Crippen LogP contribution in [0.3, 0.4) is 0 Å². The van der Waals surface area contributed by atoms with Crippen molar-refractivity contribution in [2.24, 2.45) is 5.92 Å². The van der Waals surface area contributed by atoms with Crippen molar-refractivity contribution < 1.29 is 28.4 Å². The van der Waals surface area contributed by atoms with Crippen molar-refractivity contribution in [3.63, 3.8) is 0 Å². The first-order valence-corrected chi connectivity index (χ1v) is 10.5. The fourth-order valence-corrected chi connectivity index (χ4v) is 5.18. The maximum atomic E-state index is 13.2. The lowest BCUT2D eigenvalue weighted by molar-refractivity contribution is -0.192. The van der Waals surface area contributed by atoms with Crippen molar-refractivity contribution in [2.75, 3.05) is 17.1 Å². The predicted molar refractivity (Wildman–Crippen MR) is 113 cm³/mol. The second-order valence-corrected chi connectivity index (χ2v) is 8.88. The highest BCUT2D eigenvalue weighted by molar-refractivity contribution is 5.82. The molecule has 2 aromatic rings. The molecule has 9 heteroatoms. The van der Waals surface area contributed by atoms with Gasteiger partial charge >= 0.3 is 12.1 Å². The molecule has 1 saturated heterocycles. The Morgan fingerprint density at radius 2 is 1.94 bits per heavy atom. The molecule has 32 heavy (non-hydrogen) atoms. The molecule has 4 rings (SSSR count). The molecule has 0 aromatic heterocycles. The number of hydrogen-bond acceptors (Lipinski definition) is 5. The van der Waals surface area contributed by atoms with Crippen LogP contribution in [0.1, 0.15) is 37.0 Å². The second-order valence-electron chi connectivity index (χ2n) is 8.88. The highest BCUT2D eigenvalue weighted by atomic mass is 19.4. The Bertz CT molecular complexity index is 1010. The van der Waals surface area contributed by atoms with Crippen LogP contribution in [0.2, 0.25) is 0 Å². The minimum atomic E-state index is -4.92. The van der Waals surface area contributed by atoms with Crippen molar-refractivity contribution in [3.8, 4) is 0 Å². The number of rotatable bonds is 4. The van der Waals surface area contributed by atoms with Crippen LogP contribution in [0.15, 0.2) is 42.5 Å². The van der Waals surface area contributed by atoms with Gasteiger partial charge in [-0.25, -0.2) is 0 Å². The number of alkyl halides is 3. The van der Waals surface area contributed by atoms with Gasteiger partial charge in [-0.15, -0.1) is 5.23 Å². The Balaban J connectivity index is 1.71. The molecule has 0 spiro atoms. The number of halogens is 3. The maximum Gasteiger partial charge on any atom is 0.471 e. The minimum Gasteiger partial charge on any atom is -0.379 e. The van der Waals surface area contributed by atoms with E-state index in [2.05, 4.69) is 5.32 Å². The number of nitrogens with one attached hydrogen (secondary N) is 1. The second kappa shape index (κ2) is 7.97. The van der Waals surface area contributed by atoms with E-state index in [1.165, 1.54) is 0 Å². The van der Waals surface area contributed by atoms with E-state index in [0.717, 1.165) is 16.0 Å². The highest BCUT2D eigenvalue weighted by Gasteiger charge is 2.54. The van der Waals surface area contributed by atoms with Crippen LogP contribution in [0.5, 0.6) is 0 Å². The Morgan fingerprint density at radius 1 is 1.25 bits per heavy atom. The van der Waals surface area contributed by atoms with Crippen molar-refractivity contribution in [1.82, 2.24) is 4.90 Å². The van der Waals surface area contributed by atoms with Crippen molar-refractivity contribution in [2.45, 2.75) is 50.9 Å². The lowest BCUT2D eigenvalue weighted by Gasteiger charge is -2.54. The number of nitrogens with zero attached hydrogens (tertiary/aromatic N) is 2. The van der Waals surface area contributed by atoms with Gasteiger partial charge in [-0.05, 0) is 53.0 Å². The number of hydrogen-bond donors (Lipinski definition) is 3. The summed E-state index contributed by atoms with van der Waals surface area (Å²) < 4.78 is 39.5. The number of anilines is 2. The molecule has 2 aromatic carbocycles. The summed E-state index contributed by atoms with van der Waals surface area (Å²) in [6.07, 6.45) is -4.32. The zero-order chi connectivity index (χ0) is 23.3. The molecule has 6 nitrogen and oxygen atoms in total. The molecule has 0 radical (unpaired) electrons. The third-order valence-corrected chi connectivity index (χ3v) is 7.17. The summed E-state index contributed by atoms with van der Waals surface area (Å²) in [4.78, 5) is 13.0. The number of fused-ring (bicyclic) bond motifs is 4. The number of likely N-dealkylation sites (tertiary alicyclic amines) is 1. The van der Waals surface area contributed by atoms with Gasteiger partial charge in [0.2, 0.25) is 0 Å². The Labute approximate surface area is 184 Å². The van der Waals surface area contributed by atoms with Crippen LogP contribution >= 0.6 is 0 Å². The first kappa shape index (κ1) is 22.4. The Kier molecular flexibility index (Phi) is 5.58. The van der Waals surface area contributed by atoms with Crippen LogP contribution < -0.4 is 10.5 Å². The number of carbonyl (C=O) groups is 1. The van der Waals surface area contributed by atoms with Crippen LogP contribution in [-0.4, -0.2) is 40.0 Å². The van der Waals surface area contributed by atoms with Gasteiger partial charge in [0.25, 0.3) is 0 Å². The van der Waals surface area contributed by atoms with Crippen LogP contribution in [-0.2, 0) is 23.2 Å². The fraction of sp³-hybridized carbons (Fsp3) is 0.435. The summed E-state index contributed by atoms with van der Waals surface area (Å²) in [5.41, 5.74) is 2.85.